The third kappa shape index (κ3) is 12.3. The van der Waals surface area contributed by atoms with Crippen LogP contribution in [-0.4, -0.2) is 24.6 Å². The van der Waals surface area contributed by atoms with E-state index in [-0.39, 0.29) is 17.4 Å². The van der Waals surface area contributed by atoms with E-state index in [0.29, 0.717) is 5.56 Å². The maximum Gasteiger partial charge on any atom is 0.343 e. The highest BCUT2D eigenvalue weighted by Gasteiger charge is 2.19. The Labute approximate surface area is 259 Å². The van der Waals surface area contributed by atoms with Crippen LogP contribution >= 0.6 is 0 Å². The maximum absolute atomic E-state index is 12.9. The van der Waals surface area contributed by atoms with Crippen LogP contribution in [0.5, 0.6) is 11.5 Å². The second kappa shape index (κ2) is 19.6. The number of unbranched alkanes of at least 4 members (excludes halogenated alkanes) is 10. The zero-order valence-corrected chi connectivity index (χ0v) is 26.4. The van der Waals surface area contributed by atoms with Crippen molar-refractivity contribution in [3.63, 3.8) is 0 Å². The first-order valence-corrected chi connectivity index (χ1v) is 16.4. The monoisotopic (exact) mass is 586 g/mol. The molecule has 0 bridgehead atoms. The average molecular weight is 587 g/mol. The van der Waals surface area contributed by atoms with Gasteiger partial charge in [0.1, 0.15) is 17.1 Å². The molecule has 1 unspecified atom stereocenters. The van der Waals surface area contributed by atoms with Crippen LogP contribution in [0.3, 0.4) is 0 Å². The summed E-state index contributed by atoms with van der Waals surface area (Å²) in [7, 11) is 0. The van der Waals surface area contributed by atoms with Gasteiger partial charge in [0.15, 0.2) is 0 Å². The van der Waals surface area contributed by atoms with Crippen molar-refractivity contribution >= 4 is 11.9 Å². The fraction of sp³-hybridized carbons (Fsp3) is 0.474. The highest BCUT2D eigenvalue weighted by atomic mass is 16.6. The first-order chi connectivity index (χ1) is 21.0. The summed E-state index contributed by atoms with van der Waals surface area (Å²) in [4.78, 5) is 25.6. The van der Waals surface area contributed by atoms with Gasteiger partial charge in [0.2, 0.25) is 0 Å². The van der Waals surface area contributed by atoms with Gasteiger partial charge in [-0.3, -0.25) is 0 Å². The molecule has 0 spiro atoms. The molecule has 0 aliphatic carbocycles. The molecule has 0 fully saturated rings. The molecule has 3 rings (SSSR count). The fourth-order valence-corrected chi connectivity index (χ4v) is 5.00. The molecule has 5 nitrogen and oxygen atoms in total. The topological polar surface area (TPSA) is 61.8 Å². The van der Waals surface area contributed by atoms with E-state index in [1.54, 1.807) is 36.4 Å². The zero-order chi connectivity index (χ0) is 30.7. The van der Waals surface area contributed by atoms with Gasteiger partial charge in [-0.25, -0.2) is 9.59 Å². The lowest BCUT2D eigenvalue weighted by atomic mass is 10.0. The van der Waals surface area contributed by atoms with E-state index in [0.717, 1.165) is 49.2 Å². The van der Waals surface area contributed by atoms with Crippen LogP contribution in [0.2, 0.25) is 0 Å². The Morgan fingerprint density at radius 3 is 1.81 bits per heavy atom. The van der Waals surface area contributed by atoms with Gasteiger partial charge in [-0.1, -0.05) is 121 Å². The molecule has 0 N–H and O–H groups in total. The predicted molar refractivity (Wildman–Crippen MR) is 175 cm³/mol. The maximum atomic E-state index is 12.9. The van der Waals surface area contributed by atoms with Gasteiger partial charge < -0.3 is 14.2 Å². The van der Waals surface area contributed by atoms with E-state index in [2.05, 4.69) is 13.8 Å². The molecular formula is C38H50O5. The number of para-hydroxylation sites is 1. The summed E-state index contributed by atoms with van der Waals surface area (Å²) in [5.41, 5.74) is 2.67. The van der Waals surface area contributed by atoms with Crippen molar-refractivity contribution in [3.05, 3.63) is 83.9 Å². The summed E-state index contributed by atoms with van der Waals surface area (Å²) < 4.78 is 17.1. The number of hydrogen-bond donors (Lipinski definition) is 0. The lowest BCUT2D eigenvalue weighted by molar-refractivity contribution is 0.0316. The normalized spacial score (nSPS) is 11.6. The average Bonchev–Trinajstić information content (AvgIpc) is 3.03. The van der Waals surface area contributed by atoms with E-state index in [1.165, 1.54) is 57.8 Å². The molecule has 0 aromatic heterocycles. The van der Waals surface area contributed by atoms with Crippen molar-refractivity contribution in [2.45, 2.75) is 110 Å². The molecule has 0 aliphatic heterocycles. The molecule has 0 aliphatic rings. The van der Waals surface area contributed by atoms with Crippen molar-refractivity contribution in [1.29, 1.82) is 0 Å². The van der Waals surface area contributed by atoms with Gasteiger partial charge in [-0.2, -0.15) is 0 Å². The van der Waals surface area contributed by atoms with Crippen LogP contribution in [0.15, 0.2) is 72.8 Å². The highest BCUT2D eigenvalue weighted by Crippen LogP contribution is 2.25. The van der Waals surface area contributed by atoms with Crippen molar-refractivity contribution in [1.82, 2.24) is 0 Å². The van der Waals surface area contributed by atoms with Gasteiger partial charge in [0.25, 0.3) is 0 Å². The largest absolute Gasteiger partial charge is 0.494 e. The number of rotatable bonds is 20. The molecule has 43 heavy (non-hydrogen) atoms. The van der Waals surface area contributed by atoms with Gasteiger partial charge >= 0.3 is 11.9 Å². The first kappa shape index (κ1) is 33.9. The summed E-state index contributed by atoms with van der Waals surface area (Å²) in [5.74, 6) is 0.0503. The highest BCUT2D eigenvalue weighted by molar-refractivity contribution is 5.96. The molecule has 232 valence electrons. The third-order valence-corrected chi connectivity index (χ3v) is 7.66. The molecule has 0 amide bonds. The summed E-state index contributed by atoms with van der Waals surface area (Å²) in [6.07, 6.45) is 15.7. The summed E-state index contributed by atoms with van der Waals surface area (Å²) >= 11 is 0. The van der Waals surface area contributed by atoms with E-state index in [1.807, 2.05) is 43.3 Å². The van der Waals surface area contributed by atoms with Crippen LogP contribution in [0.1, 0.15) is 125 Å². The molecule has 0 saturated carbocycles. The molecule has 5 heteroatoms. The molecule has 0 saturated heterocycles. The molecular weight excluding hydrogens is 536 g/mol. The predicted octanol–water partition coefficient (Wildman–Crippen LogP) is 10.6. The molecule has 0 heterocycles. The van der Waals surface area contributed by atoms with E-state index < -0.39 is 11.9 Å². The van der Waals surface area contributed by atoms with E-state index >= 15 is 0 Å². The van der Waals surface area contributed by atoms with Crippen LogP contribution < -0.4 is 9.47 Å². The summed E-state index contributed by atoms with van der Waals surface area (Å²) in [6.45, 7) is 6.98. The Bertz CT molecular complexity index is 1220. The summed E-state index contributed by atoms with van der Waals surface area (Å²) in [6, 6.07) is 22.0. The van der Waals surface area contributed by atoms with E-state index in [9.17, 15) is 9.59 Å². The number of ether oxygens (including phenoxy) is 3. The van der Waals surface area contributed by atoms with Crippen molar-refractivity contribution in [3.8, 4) is 22.6 Å². The minimum atomic E-state index is -0.526. The van der Waals surface area contributed by atoms with Gasteiger partial charge in [-0.05, 0) is 67.3 Å². The van der Waals surface area contributed by atoms with Gasteiger partial charge in [0.05, 0.1) is 18.3 Å². The first-order valence-electron chi connectivity index (χ1n) is 16.4. The lowest BCUT2D eigenvalue weighted by Crippen LogP contribution is -2.17. The second-order valence-corrected chi connectivity index (χ2v) is 11.4. The number of carbonyl (C=O) groups excluding carboxylic acids is 2. The van der Waals surface area contributed by atoms with Crippen LogP contribution in [0.25, 0.3) is 11.1 Å². The van der Waals surface area contributed by atoms with Crippen molar-refractivity contribution in [2.24, 2.45) is 0 Å². The Hall–Kier alpha value is -3.60. The van der Waals surface area contributed by atoms with Crippen molar-refractivity contribution in [2.75, 3.05) is 6.61 Å². The van der Waals surface area contributed by atoms with Crippen LogP contribution in [0, 0.1) is 0 Å². The standard InChI is InChI=1S/C38H50O5/c1-4-6-8-9-10-11-12-13-14-17-29-41-34-27-25-32(26-28-34)31-21-23-33(24-22-31)37(39)43-36-20-16-15-19-35(36)38(40)42-30(3)18-7-5-2/h15-16,19-28,30H,4-14,17-18,29H2,1-3H3. The molecule has 3 aromatic carbocycles. The van der Waals surface area contributed by atoms with Crippen molar-refractivity contribution < 1.29 is 23.8 Å². The zero-order valence-electron chi connectivity index (χ0n) is 26.4. The number of benzene rings is 3. The Morgan fingerprint density at radius 2 is 1.19 bits per heavy atom. The number of esters is 2. The van der Waals surface area contributed by atoms with Gasteiger partial charge in [-0.15, -0.1) is 0 Å². The summed E-state index contributed by atoms with van der Waals surface area (Å²) in [5, 5.41) is 0. The minimum absolute atomic E-state index is 0.192. The van der Waals surface area contributed by atoms with E-state index in [4.69, 9.17) is 14.2 Å². The quantitative estimate of drug-likeness (QED) is 0.0748. The van der Waals surface area contributed by atoms with Crippen LogP contribution in [0.4, 0.5) is 0 Å². The second-order valence-electron chi connectivity index (χ2n) is 11.4. The Balaban J connectivity index is 1.44. The lowest BCUT2D eigenvalue weighted by Gasteiger charge is -2.14. The fourth-order valence-electron chi connectivity index (χ4n) is 5.00. The molecule has 3 aromatic rings. The number of carbonyl (C=O) groups is 2. The Morgan fingerprint density at radius 1 is 0.628 bits per heavy atom. The molecule has 1 atom stereocenters. The van der Waals surface area contributed by atoms with Gasteiger partial charge in [0, 0.05) is 0 Å². The van der Waals surface area contributed by atoms with Crippen LogP contribution in [-0.2, 0) is 4.74 Å². The minimum Gasteiger partial charge on any atom is -0.494 e. The smallest absolute Gasteiger partial charge is 0.343 e. The Kier molecular flexibility index (Phi) is 15.4. The number of hydrogen-bond acceptors (Lipinski definition) is 5. The third-order valence-electron chi connectivity index (χ3n) is 7.66. The molecule has 0 radical (unpaired) electrons. The SMILES string of the molecule is CCCCCCCCCCCCOc1ccc(-c2ccc(C(=O)Oc3ccccc3C(=O)OC(C)CCCC)cc2)cc1.